The van der Waals surface area contributed by atoms with Crippen molar-refractivity contribution in [2.75, 3.05) is 32.7 Å². The molecule has 1 aliphatic heterocycles. The molecule has 6 heteroatoms. The van der Waals surface area contributed by atoms with Gasteiger partial charge in [-0.05, 0) is 23.3 Å². The summed E-state index contributed by atoms with van der Waals surface area (Å²) in [6.45, 7) is 5.16. The Labute approximate surface area is 158 Å². The molecule has 0 aromatic heterocycles. The van der Waals surface area contributed by atoms with Crippen LogP contribution in [-0.4, -0.2) is 48.4 Å². The minimum absolute atomic E-state index is 0.0487. The molecular weight excluding hydrogens is 353 g/mol. The van der Waals surface area contributed by atoms with Gasteiger partial charge in [-0.15, -0.1) is 0 Å². The summed E-state index contributed by atoms with van der Waals surface area (Å²) in [5, 5.41) is 3.13. The van der Waals surface area contributed by atoms with E-state index in [0.29, 0.717) is 13.1 Å². The van der Waals surface area contributed by atoms with E-state index in [-0.39, 0.29) is 16.7 Å². The Bertz CT molecular complexity index is 733. The van der Waals surface area contributed by atoms with Crippen molar-refractivity contribution in [2.45, 2.75) is 13.1 Å². The lowest BCUT2D eigenvalue weighted by atomic mass is 10.2. The Kier molecular flexibility index (Phi) is 6.61. The Morgan fingerprint density at radius 1 is 1.00 bits per heavy atom. The number of piperazine rings is 1. The van der Waals surface area contributed by atoms with Crippen LogP contribution < -0.4 is 5.32 Å². The third-order valence-corrected chi connectivity index (χ3v) is 4.84. The first kappa shape index (κ1) is 18.8. The minimum Gasteiger partial charge on any atom is -0.351 e. The van der Waals surface area contributed by atoms with E-state index >= 15 is 0 Å². The molecule has 1 heterocycles. The molecule has 4 nitrogen and oxygen atoms in total. The summed E-state index contributed by atoms with van der Waals surface area (Å²) in [4.78, 5) is 16.6. The molecule has 0 unspecified atom stereocenters. The molecule has 3 rings (SSSR count). The van der Waals surface area contributed by atoms with Crippen LogP contribution >= 0.6 is 11.6 Å². The fourth-order valence-electron chi connectivity index (χ4n) is 3.06. The summed E-state index contributed by atoms with van der Waals surface area (Å²) in [7, 11) is 0. The van der Waals surface area contributed by atoms with Gasteiger partial charge in [0.25, 0.3) is 0 Å². The van der Waals surface area contributed by atoms with E-state index in [2.05, 4.69) is 15.1 Å². The number of halogens is 2. The molecule has 138 valence electrons. The van der Waals surface area contributed by atoms with Gasteiger partial charge in [-0.2, -0.15) is 0 Å². The second-order valence-electron chi connectivity index (χ2n) is 6.56. The van der Waals surface area contributed by atoms with Crippen molar-refractivity contribution >= 4 is 17.5 Å². The number of nitrogens with zero attached hydrogens (tertiary/aromatic N) is 2. The van der Waals surface area contributed by atoms with Crippen LogP contribution in [0.4, 0.5) is 4.39 Å². The number of benzene rings is 2. The van der Waals surface area contributed by atoms with Gasteiger partial charge in [0.05, 0.1) is 11.6 Å². The van der Waals surface area contributed by atoms with Crippen LogP contribution in [0.3, 0.4) is 0 Å². The Morgan fingerprint density at radius 2 is 1.69 bits per heavy atom. The average molecular weight is 376 g/mol. The van der Waals surface area contributed by atoms with Crippen molar-refractivity contribution in [3.63, 3.8) is 0 Å². The Morgan fingerprint density at radius 3 is 2.38 bits per heavy atom. The van der Waals surface area contributed by atoms with Gasteiger partial charge in [-0.1, -0.05) is 48.0 Å². The highest BCUT2D eigenvalue weighted by molar-refractivity contribution is 6.30. The van der Waals surface area contributed by atoms with Gasteiger partial charge in [-0.25, -0.2) is 4.39 Å². The highest BCUT2D eigenvalue weighted by Gasteiger charge is 2.19. The second kappa shape index (κ2) is 9.12. The van der Waals surface area contributed by atoms with E-state index in [1.807, 2.05) is 30.3 Å². The van der Waals surface area contributed by atoms with E-state index in [4.69, 9.17) is 11.6 Å². The molecule has 0 aliphatic carbocycles. The zero-order chi connectivity index (χ0) is 18.4. The summed E-state index contributed by atoms with van der Waals surface area (Å²) in [5.41, 5.74) is 2.11. The van der Waals surface area contributed by atoms with Crippen LogP contribution in [0.2, 0.25) is 5.02 Å². The predicted molar refractivity (Wildman–Crippen MR) is 101 cm³/mol. The number of hydrogen-bond donors (Lipinski definition) is 1. The van der Waals surface area contributed by atoms with Gasteiger partial charge in [0.1, 0.15) is 5.82 Å². The number of nitrogens with one attached hydrogen (secondary N) is 1. The lowest BCUT2D eigenvalue weighted by Gasteiger charge is -2.34. The minimum atomic E-state index is -0.387. The average Bonchev–Trinajstić information content (AvgIpc) is 2.65. The van der Waals surface area contributed by atoms with Crippen LogP contribution in [0.15, 0.2) is 48.5 Å². The summed E-state index contributed by atoms with van der Waals surface area (Å²) < 4.78 is 13.2. The van der Waals surface area contributed by atoms with E-state index in [9.17, 15) is 9.18 Å². The van der Waals surface area contributed by atoms with Crippen molar-refractivity contribution in [1.29, 1.82) is 0 Å². The molecule has 1 amide bonds. The first-order valence-corrected chi connectivity index (χ1v) is 9.17. The standard InChI is InChI=1S/C20H23ClFN3O/c21-18-12-17(6-7-19(18)22)14-24-8-10-25(11-9-24)15-20(26)23-13-16-4-2-1-3-5-16/h1-7,12H,8-11,13-15H2,(H,23,26). The molecule has 26 heavy (non-hydrogen) atoms. The SMILES string of the molecule is O=C(CN1CCN(Cc2ccc(F)c(Cl)c2)CC1)NCc1ccccc1. The van der Waals surface area contributed by atoms with Crippen molar-refractivity contribution < 1.29 is 9.18 Å². The smallest absolute Gasteiger partial charge is 0.234 e. The van der Waals surface area contributed by atoms with Crippen LogP contribution in [0.25, 0.3) is 0 Å². The third-order valence-electron chi connectivity index (χ3n) is 4.55. The third kappa shape index (κ3) is 5.53. The summed E-state index contributed by atoms with van der Waals surface area (Å²) in [6, 6.07) is 14.8. The summed E-state index contributed by atoms with van der Waals surface area (Å²) >= 11 is 5.84. The molecular formula is C20H23ClFN3O. The number of carbonyl (C=O) groups is 1. The van der Waals surface area contributed by atoms with Crippen molar-refractivity contribution in [3.8, 4) is 0 Å². The zero-order valence-corrected chi connectivity index (χ0v) is 15.4. The second-order valence-corrected chi connectivity index (χ2v) is 6.97. The van der Waals surface area contributed by atoms with Gasteiger partial charge in [0, 0.05) is 39.3 Å². The maximum absolute atomic E-state index is 13.2. The van der Waals surface area contributed by atoms with Crippen molar-refractivity contribution in [3.05, 3.63) is 70.5 Å². The topological polar surface area (TPSA) is 35.6 Å². The Balaban J connectivity index is 1.39. The van der Waals surface area contributed by atoms with Crippen LogP contribution in [0.5, 0.6) is 0 Å². The molecule has 0 spiro atoms. The van der Waals surface area contributed by atoms with E-state index in [1.54, 1.807) is 12.1 Å². The fraction of sp³-hybridized carbons (Fsp3) is 0.350. The maximum atomic E-state index is 13.2. The van der Waals surface area contributed by atoms with Gasteiger partial charge in [0.15, 0.2) is 0 Å². The van der Waals surface area contributed by atoms with Crippen molar-refractivity contribution in [2.24, 2.45) is 0 Å². The first-order chi connectivity index (χ1) is 12.6. The van der Waals surface area contributed by atoms with Crippen molar-refractivity contribution in [1.82, 2.24) is 15.1 Å². The van der Waals surface area contributed by atoms with Gasteiger partial charge in [-0.3, -0.25) is 14.6 Å². The first-order valence-electron chi connectivity index (χ1n) is 8.79. The fourth-order valence-corrected chi connectivity index (χ4v) is 3.26. The molecule has 1 fully saturated rings. The highest BCUT2D eigenvalue weighted by atomic mass is 35.5. The van der Waals surface area contributed by atoms with Gasteiger partial charge in [0.2, 0.25) is 5.91 Å². The quantitative estimate of drug-likeness (QED) is 0.843. The molecule has 0 bridgehead atoms. The number of carbonyl (C=O) groups excluding carboxylic acids is 1. The lowest BCUT2D eigenvalue weighted by Crippen LogP contribution is -2.49. The van der Waals surface area contributed by atoms with Gasteiger partial charge >= 0.3 is 0 Å². The molecule has 0 saturated carbocycles. The lowest BCUT2D eigenvalue weighted by molar-refractivity contribution is -0.122. The molecule has 1 saturated heterocycles. The number of rotatable bonds is 6. The maximum Gasteiger partial charge on any atom is 0.234 e. The van der Waals surface area contributed by atoms with E-state index in [1.165, 1.54) is 6.07 Å². The van der Waals surface area contributed by atoms with Crippen LogP contribution in [0.1, 0.15) is 11.1 Å². The van der Waals surface area contributed by atoms with Crippen LogP contribution in [-0.2, 0) is 17.9 Å². The monoisotopic (exact) mass is 375 g/mol. The predicted octanol–water partition coefficient (Wildman–Crippen LogP) is 2.91. The van der Waals surface area contributed by atoms with E-state index < -0.39 is 0 Å². The van der Waals surface area contributed by atoms with E-state index in [0.717, 1.165) is 43.9 Å². The van der Waals surface area contributed by atoms with Gasteiger partial charge < -0.3 is 5.32 Å². The Hall–Kier alpha value is -1.95. The normalized spacial score (nSPS) is 15.8. The number of hydrogen-bond acceptors (Lipinski definition) is 3. The van der Waals surface area contributed by atoms with Crippen LogP contribution in [0, 0.1) is 5.82 Å². The molecule has 1 aliphatic rings. The molecule has 2 aromatic rings. The highest BCUT2D eigenvalue weighted by Crippen LogP contribution is 2.17. The summed E-state index contributed by atoms with van der Waals surface area (Å²) in [6.07, 6.45) is 0. The number of amides is 1. The molecule has 2 aromatic carbocycles. The zero-order valence-electron chi connectivity index (χ0n) is 14.6. The summed E-state index contributed by atoms with van der Waals surface area (Å²) in [5.74, 6) is -0.339. The molecule has 0 radical (unpaired) electrons. The largest absolute Gasteiger partial charge is 0.351 e. The molecule has 0 atom stereocenters. The molecule has 1 N–H and O–H groups in total.